The molecule has 4 heteroatoms. The molecule has 1 N–H and O–H groups in total. The number of halogens is 1. The summed E-state index contributed by atoms with van der Waals surface area (Å²) in [6, 6.07) is 2.09. The molecule has 0 unspecified atom stereocenters. The smallest absolute Gasteiger partial charge is 0.0974 e. The van der Waals surface area contributed by atoms with Crippen LogP contribution in [-0.2, 0) is 11.2 Å². The highest BCUT2D eigenvalue weighted by molar-refractivity contribution is 9.10. The topological polar surface area (TPSA) is 21.3 Å². The standard InChI is InChI=1S/C9H12BrNOS/c1-12-9(5-11-6-9)4-8-7(10)2-3-13-8/h2-3,11H,4-6H2,1H3. The summed E-state index contributed by atoms with van der Waals surface area (Å²) in [4.78, 5) is 1.38. The van der Waals surface area contributed by atoms with Gasteiger partial charge in [0.2, 0.25) is 0 Å². The van der Waals surface area contributed by atoms with Gasteiger partial charge in [-0.15, -0.1) is 11.3 Å². The van der Waals surface area contributed by atoms with Crippen LogP contribution in [0.3, 0.4) is 0 Å². The largest absolute Gasteiger partial charge is 0.375 e. The molecule has 0 amide bonds. The lowest BCUT2D eigenvalue weighted by atomic mass is 9.92. The van der Waals surface area contributed by atoms with Gasteiger partial charge in [-0.1, -0.05) is 0 Å². The first-order chi connectivity index (χ1) is 6.26. The molecule has 1 saturated heterocycles. The van der Waals surface area contributed by atoms with Crippen molar-refractivity contribution >= 4 is 27.3 Å². The van der Waals surface area contributed by atoms with Crippen LogP contribution in [0.5, 0.6) is 0 Å². The molecule has 0 saturated carbocycles. The number of nitrogens with one attached hydrogen (secondary N) is 1. The second-order valence-electron chi connectivity index (χ2n) is 3.36. The summed E-state index contributed by atoms with van der Waals surface area (Å²) >= 11 is 5.32. The molecule has 1 fully saturated rings. The van der Waals surface area contributed by atoms with E-state index in [-0.39, 0.29) is 5.60 Å². The minimum Gasteiger partial charge on any atom is -0.375 e. The highest BCUT2D eigenvalue weighted by Gasteiger charge is 2.37. The zero-order chi connectivity index (χ0) is 9.31. The van der Waals surface area contributed by atoms with E-state index in [4.69, 9.17) is 4.74 Å². The molecule has 0 radical (unpaired) electrons. The third-order valence-corrected chi connectivity index (χ3v) is 4.43. The van der Waals surface area contributed by atoms with E-state index in [2.05, 4.69) is 32.7 Å². The monoisotopic (exact) mass is 261 g/mol. The maximum Gasteiger partial charge on any atom is 0.0974 e. The van der Waals surface area contributed by atoms with Gasteiger partial charge in [-0.2, -0.15) is 0 Å². The summed E-state index contributed by atoms with van der Waals surface area (Å²) in [5, 5.41) is 5.36. The molecule has 0 aliphatic carbocycles. The molecular weight excluding hydrogens is 250 g/mol. The maximum atomic E-state index is 5.53. The van der Waals surface area contributed by atoms with E-state index in [0.717, 1.165) is 19.5 Å². The third kappa shape index (κ3) is 1.81. The molecule has 0 aromatic carbocycles. The Kier molecular flexibility index (Phi) is 2.74. The van der Waals surface area contributed by atoms with Gasteiger partial charge in [-0.25, -0.2) is 0 Å². The summed E-state index contributed by atoms with van der Waals surface area (Å²) < 4.78 is 6.73. The van der Waals surface area contributed by atoms with E-state index in [1.165, 1.54) is 9.35 Å². The van der Waals surface area contributed by atoms with Crippen LogP contribution in [0.2, 0.25) is 0 Å². The van der Waals surface area contributed by atoms with Crippen LogP contribution in [0.15, 0.2) is 15.9 Å². The van der Waals surface area contributed by atoms with E-state index in [0.29, 0.717) is 0 Å². The Bertz CT molecular complexity index is 290. The van der Waals surface area contributed by atoms with Crippen molar-refractivity contribution in [2.45, 2.75) is 12.0 Å². The highest BCUT2D eigenvalue weighted by Crippen LogP contribution is 2.30. The molecule has 1 aromatic heterocycles. The number of ether oxygens (including phenoxy) is 1. The van der Waals surface area contributed by atoms with Crippen molar-refractivity contribution in [3.63, 3.8) is 0 Å². The molecule has 0 spiro atoms. The van der Waals surface area contributed by atoms with E-state index in [1.54, 1.807) is 18.4 Å². The fraction of sp³-hybridized carbons (Fsp3) is 0.556. The van der Waals surface area contributed by atoms with Crippen molar-refractivity contribution in [1.29, 1.82) is 0 Å². The Hall–Kier alpha value is 0.1000. The molecule has 2 rings (SSSR count). The van der Waals surface area contributed by atoms with Crippen LogP contribution in [0.25, 0.3) is 0 Å². The molecule has 0 bridgehead atoms. The average Bonchev–Trinajstić information content (AvgIpc) is 2.44. The third-order valence-electron chi connectivity index (χ3n) is 2.50. The zero-order valence-corrected chi connectivity index (χ0v) is 9.87. The quantitative estimate of drug-likeness (QED) is 0.900. The summed E-state index contributed by atoms with van der Waals surface area (Å²) in [5.74, 6) is 0. The number of hydrogen-bond acceptors (Lipinski definition) is 3. The zero-order valence-electron chi connectivity index (χ0n) is 7.47. The van der Waals surface area contributed by atoms with E-state index in [9.17, 15) is 0 Å². The molecular formula is C9H12BrNOS. The minimum atomic E-state index is 0.0490. The first-order valence-electron chi connectivity index (χ1n) is 4.23. The van der Waals surface area contributed by atoms with Gasteiger partial charge in [0, 0.05) is 36.0 Å². The minimum absolute atomic E-state index is 0.0490. The number of hydrogen-bond donors (Lipinski definition) is 1. The number of thiophene rings is 1. The van der Waals surface area contributed by atoms with Crippen molar-refractivity contribution < 1.29 is 4.74 Å². The van der Waals surface area contributed by atoms with Crippen molar-refractivity contribution in [1.82, 2.24) is 5.32 Å². The summed E-state index contributed by atoms with van der Waals surface area (Å²) in [6.45, 7) is 1.93. The molecule has 0 atom stereocenters. The van der Waals surface area contributed by atoms with E-state index >= 15 is 0 Å². The van der Waals surface area contributed by atoms with Gasteiger partial charge in [0.1, 0.15) is 0 Å². The van der Waals surface area contributed by atoms with Gasteiger partial charge in [-0.3, -0.25) is 0 Å². The molecule has 72 valence electrons. The predicted molar refractivity (Wildman–Crippen MR) is 58.3 cm³/mol. The molecule has 1 aliphatic rings. The molecule has 1 aliphatic heterocycles. The number of rotatable bonds is 3. The van der Waals surface area contributed by atoms with Gasteiger partial charge in [-0.05, 0) is 27.4 Å². The molecule has 2 nitrogen and oxygen atoms in total. The average molecular weight is 262 g/mol. The lowest BCUT2D eigenvalue weighted by Crippen LogP contribution is -2.61. The van der Waals surface area contributed by atoms with Gasteiger partial charge < -0.3 is 10.1 Å². The highest BCUT2D eigenvalue weighted by atomic mass is 79.9. The van der Waals surface area contributed by atoms with Gasteiger partial charge in [0.15, 0.2) is 0 Å². The van der Waals surface area contributed by atoms with Crippen LogP contribution >= 0.6 is 27.3 Å². The number of methoxy groups -OCH3 is 1. The normalized spacial score (nSPS) is 19.8. The van der Waals surface area contributed by atoms with Crippen LogP contribution in [0.4, 0.5) is 0 Å². The SMILES string of the molecule is COC1(Cc2sccc2Br)CNC1. The second kappa shape index (κ2) is 3.69. The first kappa shape index (κ1) is 9.65. The second-order valence-corrected chi connectivity index (χ2v) is 5.21. The van der Waals surface area contributed by atoms with Gasteiger partial charge >= 0.3 is 0 Å². The van der Waals surface area contributed by atoms with Crippen LogP contribution in [0, 0.1) is 0 Å². The fourth-order valence-electron chi connectivity index (χ4n) is 1.49. The van der Waals surface area contributed by atoms with Crippen molar-refractivity contribution in [3.05, 3.63) is 20.8 Å². The summed E-state index contributed by atoms with van der Waals surface area (Å²) in [7, 11) is 1.79. The maximum absolute atomic E-state index is 5.53. The predicted octanol–water partition coefficient (Wildman–Crippen LogP) is 2.04. The van der Waals surface area contributed by atoms with Gasteiger partial charge in [0.05, 0.1) is 5.60 Å². The lowest BCUT2D eigenvalue weighted by Gasteiger charge is -2.41. The van der Waals surface area contributed by atoms with Crippen LogP contribution in [-0.4, -0.2) is 25.8 Å². The Morgan fingerprint density at radius 3 is 2.85 bits per heavy atom. The lowest BCUT2D eigenvalue weighted by molar-refractivity contribution is -0.0497. The van der Waals surface area contributed by atoms with E-state index in [1.807, 2.05) is 0 Å². The Morgan fingerprint density at radius 2 is 2.46 bits per heavy atom. The summed E-state index contributed by atoms with van der Waals surface area (Å²) in [5.41, 5.74) is 0.0490. The van der Waals surface area contributed by atoms with Crippen molar-refractivity contribution in [2.75, 3.05) is 20.2 Å². The Labute approximate surface area is 90.4 Å². The van der Waals surface area contributed by atoms with Crippen LogP contribution < -0.4 is 5.32 Å². The first-order valence-corrected chi connectivity index (χ1v) is 5.91. The molecule has 13 heavy (non-hydrogen) atoms. The van der Waals surface area contributed by atoms with Crippen molar-refractivity contribution in [3.8, 4) is 0 Å². The molecule has 2 heterocycles. The summed E-state index contributed by atoms with van der Waals surface area (Å²) in [6.07, 6.45) is 1.01. The Morgan fingerprint density at radius 1 is 1.69 bits per heavy atom. The van der Waals surface area contributed by atoms with E-state index < -0.39 is 0 Å². The Balaban J connectivity index is 2.08. The van der Waals surface area contributed by atoms with Gasteiger partial charge in [0.25, 0.3) is 0 Å². The van der Waals surface area contributed by atoms with Crippen LogP contribution in [0.1, 0.15) is 4.88 Å². The molecule has 1 aromatic rings. The fourth-order valence-corrected chi connectivity index (χ4v) is 3.11. The van der Waals surface area contributed by atoms with Crippen molar-refractivity contribution in [2.24, 2.45) is 0 Å².